The zero-order valence-electron chi connectivity index (χ0n) is 15.8. The number of aliphatic imine (C=N–C) groups is 1. The Kier molecular flexibility index (Phi) is 8.05. The van der Waals surface area contributed by atoms with Crippen LogP contribution in [0.4, 0.5) is 4.39 Å². The molecule has 0 aliphatic carbocycles. The number of hydrogen-bond acceptors (Lipinski definition) is 3. The summed E-state index contributed by atoms with van der Waals surface area (Å²) in [6.07, 6.45) is 3.30. The molecule has 150 valence electrons. The van der Waals surface area contributed by atoms with E-state index in [1.807, 2.05) is 13.1 Å². The summed E-state index contributed by atoms with van der Waals surface area (Å²) < 4.78 is 38.5. The molecule has 1 aromatic carbocycles. The van der Waals surface area contributed by atoms with Gasteiger partial charge in [-0.15, -0.1) is 0 Å². The maximum absolute atomic E-state index is 13.3. The summed E-state index contributed by atoms with van der Waals surface area (Å²) in [6.45, 7) is 5.91. The van der Waals surface area contributed by atoms with E-state index in [0.717, 1.165) is 29.4 Å². The standard InChI is InChI=1S/C18H28FN5O2S/c1-3-20-18(21-9-5-10-24-27(25,26)4-2)22-11-8-14-13-23-17-12-15(19)6-7-16(14)17/h6-7,12-13,23-24H,3-5,8-11H2,1-2H3,(H2,20,21,22). The lowest BCUT2D eigenvalue weighted by atomic mass is 10.1. The van der Waals surface area contributed by atoms with Crippen LogP contribution in [0.2, 0.25) is 0 Å². The van der Waals surface area contributed by atoms with Gasteiger partial charge in [0.05, 0.1) is 5.75 Å². The van der Waals surface area contributed by atoms with Gasteiger partial charge >= 0.3 is 0 Å². The number of rotatable bonds is 10. The molecule has 0 bridgehead atoms. The summed E-state index contributed by atoms with van der Waals surface area (Å²) in [4.78, 5) is 7.54. The number of sulfonamides is 1. The minimum absolute atomic E-state index is 0.0843. The van der Waals surface area contributed by atoms with E-state index in [9.17, 15) is 12.8 Å². The highest BCUT2D eigenvalue weighted by molar-refractivity contribution is 7.89. The Hall–Kier alpha value is -2.13. The number of nitrogens with one attached hydrogen (secondary N) is 4. The van der Waals surface area contributed by atoms with Gasteiger partial charge in [0.1, 0.15) is 5.82 Å². The van der Waals surface area contributed by atoms with Gasteiger partial charge < -0.3 is 15.6 Å². The van der Waals surface area contributed by atoms with Crippen LogP contribution in [0.5, 0.6) is 0 Å². The first-order chi connectivity index (χ1) is 12.9. The van der Waals surface area contributed by atoms with E-state index in [0.29, 0.717) is 32.0 Å². The number of aromatic nitrogens is 1. The second-order valence-electron chi connectivity index (χ2n) is 6.09. The van der Waals surface area contributed by atoms with Gasteiger partial charge in [-0.3, -0.25) is 4.99 Å². The predicted octanol–water partition coefficient (Wildman–Crippen LogP) is 1.73. The average molecular weight is 398 g/mol. The predicted molar refractivity (Wildman–Crippen MR) is 108 cm³/mol. The van der Waals surface area contributed by atoms with E-state index in [4.69, 9.17) is 0 Å². The van der Waals surface area contributed by atoms with Crippen molar-refractivity contribution in [2.75, 3.05) is 31.9 Å². The molecule has 0 saturated heterocycles. The van der Waals surface area contributed by atoms with Crippen molar-refractivity contribution in [3.8, 4) is 0 Å². The minimum Gasteiger partial charge on any atom is -0.361 e. The Morgan fingerprint density at radius 2 is 2.04 bits per heavy atom. The van der Waals surface area contributed by atoms with E-state index < -0.39 is 10.0 Å². The number of aromatic amines is 1. The lowest BCUT2D eigenvalue weighted by Crippen LogP contribution is -2.38. The molecule has 2 rings (SSSR count). The van der Waals surface area contributed by atoms with Crippen LogP contribution >= 0.6 is 0 Å². The van der Waals surface area contributed by atoms with E-state index in [-0.39, 0.29) is 11.6 Å². The fourth-order valence-corrected chi connectivity index (χ4v) is 3.28. The second-order valence-corrected chi connectivity index (χ2v) is 8.19. The summed E-state index contributed by atoms with van der Waals surface area (Å²) in [5, 5.41) is 7.45. The molecule has 2 aromatic rings. The monoisotopic (exact) mass is 397 g/mol. The first-order valence-electron chi connectivity index (χ1n) is 9.20. The number of guanidine groups is 1. The van der Waals surface area contributed by atoms with Crippen molar-refractivity contribution in [1.82, 2.24) is 20.3 Å². The van der Waals surface area contributed by atoms with Gasteiger partial charge in [0.25, 0.3) is 0 Å². The van der Waals surface area contributed by atoms with E-state index in [1.165, 1.54) is 12.1 Å². The van der Waals surface area contributed by atoms with Crippen molar-refractivity contribution in [2.45, 2.75) is 26.7 Å². The SMILES string of the molecule is CCNC(=NCCCNS(=O)(=O)CC)NCCc1c[nH]c2cc(F)ccc12. The number of halogens is 1. The molecule has 27 heavy (non-hydrogen) atoms. The van der Waals surface area contributed by atoms with Gasteiger partial charge in [0.15, 0.2) is 5.96 Å². The van der Waals surface area contributed by atoms with Crippen molar-refractivity contribution in [1.29, 1.82) is 0 Å². The third-order valence-corrected chi connectivity index (χ3v) is 5.47. The van der Waals surface area contributed by atoms with E-state index in [2.05, 4.69) is 25.3 Å². The van der Waals surface area contributed by atoms with Gasteiger partial charge in [-0.1, -0.05) is 0 Å². The molecule has 1 heterocycles. The topological polar surface area (TPSA) is 98.4 Å². The number of hydrogen-bond donors (Lipinski definition) is 4. The molecule has 0 aliphatic rings. The maximum atomic E-state index is 13.3. The van der Waals surface area contributed by atoms with Gasteiger partial charge in [-0.05, 0) is 50.5 Å². The van der Waals surface area contributed by atoms with Crippen LogP contribution in [-0.4, -0.2) is 51.3 Å². The van der Waals surface area contributed by atoms with Crippen molar-refractivity contribution in [3.05, 3.63) is 35.8 Å². The Balaban J connectivity index is 1.81. The molecule has 0 spiro atoms. The smallest absolute Gasteiger partial charge is 0.211 e. The molecule has 4 N–H and O–H groups in total. The van der Waals surface area contributed by atoms with Crippen LogP contribution in [0.15, 0.2) is 29.4 Å². The van der Waals surface area contributed by atoms with Crippen molar-refractivity contribution < 1.29 is 12.8 Å². The summed E-state index contributed by atoms with van der Waals surface area (Å²) in [6, 6.07) is 4.74. The number of nitrogens with zero attached hydrogens (tertiary/aromatic N) is 1. The molecule has 0 radical (unpaired) electrons. The Morgan fingerprint density at radius 1 is 1.22 bits per heavy atom. The van der Waals surface area contributed by atoms with E-state index >= 15 is 0 Å². The minimum atomic E-state index is -3.15. The molecule has 0 amide bonds. The Bertz CT molecular complexity index is 864. The highest BCUT2D eigenvalue weighted by Crippen LogP contribution is 2.19. The largest absolute Gasteiger partial charge is 0.361 e. The first-order valence-corrected chi connectivity index (χ1v) is 10.9. The normalized spacial score (nSPS) is 12.5. The first kappa shape index (κ1) is 21.2. The number of H-pyrrole nitrogens is 1. The molecule has 1 aromatic heterocycles. The molecule has 9 heteroatoms. The Morgan fingerprint density at radius 3 is 2.78 bits per heavy atom. The Labute approximate surface area is 159 Å². The molecule has 0 unspecified atom stereocenters. The molecule has 0 fully saturated rings. The second kappa shape index (κ2) is 10.3. The van der Waals surface area contributed by atoms with Gasteiger partial charge in [-0.2, -0.15) is 0 Å². The zero-order valence-corrected chi connectivity index (χ0v) is 16.6. The van der Waals surface area contributed by atoms with Crippen LogP contribution in [0.1, 0.15) is 25.8 Å². The van der Waals surface area contributed by atoms with Gasteiger partial charge in [0, 0.05) is 43.3 Å². The van der Waals surface area contributed by atoms with Crippen molar-refractivity contribution >= 4 is 26.9 Å². The average Bonchev–Trinajstić information content (AvgIpc) is 3.03. The molecule has 7 nitrogen and oxygen atoms in total. The molecule has 0 saturated carbocycles. The van der Waals surface area contributed by atoms with Crippen LogP contribution in [0.25, 0.3) is 10.9 Å². The van der Waals surface area contributed by atoms with Crippen molar-refractivity contribution in [2.24, 2.45) is 4.99 Å². The summed E-state index contributed by atoms with van der Waals surface area (Å²) in [5.41, 5.74) is 1.91. The quantitative estimate of drug-likeness (QED) is 0.279. The highest BCUT2D eigenvalue weighted by atomic mass is 32.2. The summed E-state index contributed by atoms with van der Waals surface area (Å²) in [7, 11) is -3.15. The van der Waals surface area contributed by atoms with Crippen LogP contribution < -0.4 is 15.4 Å². The van der Waals surface area contributed by atoms with Crippen molar-refractivity contribution in [3.63, 3.8) is 0 Å². The van der Waals surface area contributed by atoms with Gasteiger partial charge in [-0.25, -0.2) is 17.5 Å². The lowest BCUT2D eigenvalue weighted by molar-refractivity contribution is 0.581. The highest BCUT2D eigenvalue weighted by Gasteiger charge is 2.06. The number of fused-ring (bicyclic) bond motifs is 1. The third kappa shape index (κ3) is 6.84. The lowest BCUT2D eigenvalue weighted by Gasteiger charge is -2.11. The number of benzene rings is 1. The third-order valence-electron chi connectivity index (χ3n) is 4.07. The fourth-order valence-electron chi connectivity index (χ4n) is 2.62. The summed E-state index contributed by atoms with van der Waals surface area (Å²) in [5.74, 6) is 0.527. The molecular formula is C18H28FN5O2S. The van der Waals surface area contributed by atoms with Crippen LogP contribution in [0.3, 0.4) is 0 Å². The van der Waals surface area contributed by atoms with Crippen LogP contribution in [0, 0.1) is 5.82 Å². The van der Waals surface area contributed by atoms with Crippen LogP contribution in [-0.2, 0) is 16.4 Å². The summed E-state index contributed by atoms with van der Waals surface area (Å²) >= 11 is 0. The molecule has 0 aliphatic heterocycles. The van der Waals surface area contributed by atoms with Gasteiger partial charge in [0.2, 0.25) is 10.0 Å². The molecule has 0 atom stereocenters. The zero-order chi connectivity index (χ0) is 19.7. The maximum Gasteiger partial charge on any atom is 0.211 e. The molecular weight excluding hydrogens is 369 g/mol. The van der Waals surface area contributed by atoms with E-state index in [1.54, 1.807) is 13.0 Å². The fraction of sp³-hybridized carbons (Fsp3) is 0.500.